The fraction of sp³-hybridized carbons (Fsp3) is 0.485. The van der Waals surface area contributed by atoms with Crippen molar-refractivity contribution in [1.82, 2.24) is 0 Å². The van der Waals surface area contributed by atoms with Crippen LogP contribution < -0.4 is 14.9 Å². The smallest absolute Gasteiger partial charge is 0.239 e. The lowest BCUT2D eigenvalue weighted by Gasteiger charge is -2.45. The Bertz CT molecular complexity index is 1660. The highest BCUT2D eigenvalue weighted by molar-refractivity contribution is 5.91. The lowest BCUT2D eigenvalue weighted by atomic mass is 9.98. The molecule has 0 spiro atoms. The van der Waals surface area contributed by atoms with Crippen LogP contribution in [0.25, 0.3) is 22.3 Å². The van der Waals surface area contributed by atoms with Crippen LogP contribution in [-0.2, 0) is 20.6 Å². The first-order valence-electron chi connectivity index (χ1n) is 15.1. The van der Waals surface area contributed by atoms with E-state index in [1.54, 1.807) is 24.3 Å². The molecule has 5 rings (SSSR count). The number of phenolic OH excluding ortho intramolecular Hbond substituents is 2. The zero-order valence-corrected chi connectivity index (χ0v) is 26.4. The molecular weight excluding hydrogens is 620 g/mol. The number of aliphatic hydroxyl groups is 5. The third kappa shape index (κ3) is 6.68. The number of rotatable bonds is 8. The summed E-state index contributed by atoms with van der Waals surface area (Å²) >= 11 is 0. The summed E-state index contributed by atoms with van der Waals surface area (Å²) in [5.41, 5.74) is 0.546. The van der Waals surface area contributed by atoms with Gasteiger partial charge in [-0.1, -0.05) is 11.6 Å². The van der Waals surface area contributed by atoms with Gasteiger partial charge in [-0.3, -0.25) is 4.79 Å². The van der Waals surface area contributed by atoms with Crippen LogP contribution in [0.4, 0.5) is 0 Å². The second-order valence-corrected chi connectivity index (χ2v) is 12.0. The molecule has 0 unspecified atom stereocenters. The second kappa shape index (κ2) is 13.8. The largest absolute Gasteiger partial charge is 0.507 e. The number of fused-ring (bicyclic) bond motifs is 1. The summed E-state index contributed by atoms with van der Waals surface area (Å²) in [4.78, 5) is 14.2. The zero-order valence-electron chi connectivity index (χ0n) is 26.4. The highest BCUT2D eigenvalue weighted by atomic mass is 16.8. The van der Waals surface area contributed by atoms with Crippen molar-refractivity contribution in [2.24, 2.45) is 0 Å². The summed E-state index contributed by atoms with van der Waals surface area (Å²) < 4.78 is 34.9. The molecule has 1 aromatic heterocycles. The summed E-state index contributed by atoms with van der Waals surface area (Å²) in [6.07, 6.45) is -13.0. The number of methoxy groups -OCH3 is 1. The normalized spacial score (nSPS) is 31.0. The van der Waals surface area contributed by atoms with E-state index in [1.165, 1.54) is 21.0 Å². The van der Waals surface area contributed by atoms with Gasteiger partial charge in [0.25, 0.3) is 0 Å². The van der Waals surface area contributed by atoms with E-state index in [0.717, 1.165) is 11.6 Å². The van der Waals surface area contributed by atoms with E-state index in [-0.39, 0.29) is 34.5 Å². The van der Waals surface area contributed by atoms with E-state index >= 15 is 0 Å². The molecule has 2 aliphatic heterocycles. The first-order chi connectivity index (χ1) is 22.2. The maximum absolute atomic E-state index is 14.2. The molecule has 47 heavy (non-hydrogen) atoms. The molecule has 0 saturated carbocycles. The van der Waals surface area contributed by atoms with Crippen LogP contribution in [0.5, 0.6) is 23.0 Å². The average Bonchev–Trinajstić information content (AvgIpc) is 3.03. The van der Waals surface area contributed by atoms with Crippen LogP contribution in [0.1, 0.15) is 33.3 Å². The summed E-state index contributed by atoms with van der Waals surface area (Å²) in [6, 6.07) is 7.43. The molecule has 7 N–H and O–H groups in total. The van der Waals surface area contributed by atoms with E-state index in [0.29, 0.717) is 11.3 Å². The summed E-state index contributed by atoms with van der Waals surface area (Å²) in [5.74, 6) is -0.987. The van der Waals surface area contributed by atoms with E-state index < -0.39 is 78.3 Å². The van der Waals surface area contributed by atoms with Crippen LogP contribution >= 0.6 is 0 Å². The molecule has 10 atom stereocenters. The van der Waals surface area contributed by atoms with Gasteiger partial charge in [0, 0.05) is 17.2 Å². The number of allylic oxidation sites excluding steroid dienone is 2. The molecule has 0 radical (unpaired) electrons. The highest BCUT2D eigenvalue weighted by Crippen LogP contribution is 2.41. The van der Waals surface area contributed by atoms with Crippen LogP contribution in [0, 0.1) is 0 Å². The first-order valence-corrected chi connectivity index (χ1v) is 15.1. The van der Waals surface area contributed by atoms with Crippen molar-refractivity contribution >= 4 is 11.0 Å². The molecule has 0 aliphatic carbocycles. The number of aliphatic hydroxyl groups excluding tert-OH is 5. The zero-order chi connectivity index (χ0) is 34.3. The van der Waals surface area contributed by atoms with Gasteiger partial charge in [0.05, 0.1) is 19.3 Å². The number of aromatic hydroxyl groups is 2. The fourth-order valence-electron chi connectivity index (χ4n) is 5.55. The maximum atomic E-state index is 14.2. The van der Waals surface area contributed by atoms with Crippen molar-refractivity contribution < 1.29 is 63.8 Å². The topological polar surface area (TPSA) is 218 Å². The molecule has 3 heterocycles. The minimum absolute atomic E-state index is 0.0929. The predicted octanol–water partition coefficient (Wildman–Crippen LogP) is 1.45. The van der Waals surface area contributed by atoms with Crippen LogP contribution in [0.15, 0.2) is 51.2 Å². The molecule has 2 fully saturated rings. The third-order valence-corrected chi connectivity index (χ3v) is 8.37. The minimum atomic E-state index is -1.77. The Morgan fingerprint density at radius 1 is 0.851 bits per heavy atom. The van der Waals surface area contributed by atoms with Crippen molar-refractivity contribution in [2.75, 3.05) is 7.11 Å². The van der Waals surface area contributed by atoms with Gasteiger partial charge >= 0.3 is 0 Å². The summed E-state index contributed by atoms with van der Waals surface area (Å²) in [6.45, 7) is 6.61. The Morgan fingerprint density at radius 3 is 2.09 bits per heavy atom. The summed E-state index contributed by atoms with van der Waals surface area (Å²) in [7, 11) is 1.48. The fourth-order valence-corrected chi connectivity index (χ4v) is 5.55. The Hall–Kier alpha value is -3.73. The molecule has 2 aliphatic rings. The molecule has 14 heteroatoms. The van der Waals surface area contributed by atoms with Gasteiger partial charge in [-0.2, -0.15) is 0 Å². The van der Waals surface area contributed by atoms with E-state index in [2.05, 4.69) is 0 Å². The molecule has 3 aromatic rings. The molecule has 256 valence electrons. The molecular formula is C33H40O14. The van der Waals surface area contributed by atoms with Gasteiger partial charge in [0.15, 0.2) is 18.2 Å². The van der Waals surface area contributed by atoms with E-state index in [1.807, 2.05) is 19.9 Å². The predicted molar refractivity (Wildman–Crippen MR) is 165 cm³/mol. The van der Waals surface area contributed by atoms with Gasteiger partial charge in [-0.15, -0.1) is 0 Å². The molecule has 0 amide bonds. The van der Waals surface area contributed by atoms with Gasteiger partial charge in [0.2, 0.25) is 17.5 Å². The highest BCUT2D eigenvalue weighted by Gasteiger charge is 2.50. The number of hydrogen-bond acceptors (Lipinski definition) is 14. The van der Waals surface area contributed by atoms with E-state index in [9.17, 15) is 40.5 Å². The Labute approximate surface area is 269 Å². The minimum Gasteiger partial charge on any atom is -0.507 e. The molecule has 2 aromatic carbocycles. The first kappa shape index (κ1) is 34.6. The van der Waals surface area contributed by atoms with Crippen molar-refractivity contribution in [3.63, 3.8) is 0 Å². The maximum Gasteiger partial charge on any atom is 0.239 e. The quantitative estimate of drug-likeness (QED) is 0.170. The lowest BCUT2D eigenvalue weighted by molar-refractivity contribution is -0.352. The number of phenols is 2. The van der Waals surface area contributed by atoms with Gasteiger partial charge in [0.1, 0.15) is 58.7 Å². The monoisotopic (exact) mass is 660 g/mol. The number of hydrogen-bond donors (Lipinski definition) is 7. The Balaban J connectivity index is 1.65. The van der Waals surface area contributed by atoms with Crippen LogP contribution in [-0.4, -0.2) is 104 Å². The van der Waals surface area contributed by atoms with Crippen LogP contribution in [0.3, 0.4) is 0 Å². The Morgan fingerprint density at radius 2 is 1.47 bits per heavy atom. The van der Waals surface area contributed by atoms with Crippen molar-refractivity contribution in [1.29, 1.82) is 0 Å². The number of ether oxygens (including phenoxy) is 5. The van der Waals surface area contributed by atoms with E-state index in [4.69, 9.17) is 28.1 Å². The molecule has 2 saturated heterocycles. The third-order valence-electron chi connectivity index (χ3n) is 8.37. The van der Waals surface area contributed by atoms with Gasteiger partial charge in [-0.25, -0.2) is 0 Å². The molecule has 14 nitrogen and oxygen atoms in total. The lowest BCUT2D eigenvalue weighted by Crippen LogP contribution is -2.63. The van der Waals surface area contributed by atoms with Crippen molar-refractivity contribution in [2.45, 2.75) is 95.5 Å². The number of benzene rings is 2. The standard InChI is InChI=1S/C33H40O14/c1-13(2)6-11-18-19(34)12-20(35)21-24(38)30(28(45-29(18)21)16-7-9-17(42-5)10-8-16)46-33-31(26(40)23(37)15(4)44-33)47-32-27(41)25(39)22(36)14(3)43-32/h6-10,12,14-15,22-23,25-27,31-37,39-41H,11H2,1-5H3/t14-,15+,22+,23+,25-,26-,27-,31+,32+,33+/m0/s1. The van der Waals surface area contributed by atoms with Gasteiger partial charge < -0.3 is 63.8 Å². The summed E-state index contributed by atoms with van der Waals surface area (Å²) in [5, 5.41) is 74.0. The van der Waals surface area contributed by atoms with Gasteiger partial charge in [-0.05, 0) is 58.4 Å². The SMILES string of the molecule is COc1ccc(-c2oc3c(CC=C(C)C)c(O)cc(O)c3c(=O)c2O[C@H]2O[C@H](C)[C@@H](O)[C@H](O)[C@H]2O[C@H]2O[C@@H](C)[C@@H](O)[C@H](O)[C@@H]2O)cc1. The average molecular weight is 661 g/mol. The van der Waals surface area contributed by atoms with Crippen LogP contribution in [0.2, 0.25) is 0 Å². The molecule has 0 bridgehead atoms. The second-order valence-electron chi connectivity index (χ2n) is 12.0. The van der Waals surface area contributed by atoms with Crippen molar-refractivity contribution in [3.05, 3.63) is 57.8 Å². The van der Waals surface area contributed by atoms with Crippen molar-refractivity contribution in [3.8, 4) is 34.3 Å². The Kier molecular flexibility index (Phi) is 10.1.